The molecule has 4 rings (SSSR count). The van der Waals surface area contributed by atoms with E-state index in [0.717, 1.165) is 23.4 Å². The van der Waals surface area contributed by atoms with Crippen molar-refractivity contribution in [2.45, 2.75) is 32.9 Å². The van der Waals surface area contributed by atoms with Crippen molar-refractivity contribution in [1.29, 1.82) is 0 Å². The maximum atomic E-state index is 12.4. The van der Waals surface area contributed by atoms with Crippen LogP contribution in [0.1, 0.15) is 18.2 Å². The van der Waals surface area contributed by atoms with E-state index < -0.39 is 6.10 Å². The van der Waals surface area contributed by atoms with Crippen LogP contribution in [0.15, 0.2) is 71.5 Å². The van der Waals surface area contributed by atoms with Gasteiger partial charge in [0.05, 0.1) is 12.2 Å². The third-order valence-corrected chi connectivity index (χ3v) is 5.17. The van der Waals surface area contributed by atoms with E-state index in [2.05, 4.69) is 12.0 Å². The second-order valence-electron chi connectivity index (χ2n) is 7.36. The highest BCUT2D eigenvalue weighted by Gasteiger charge is 2.15. The average Bonchev–Trinajstić information content (AvgIpc) is 3.22. The van der Waals surface area contributed by atoms with Gasteiger partial charge in [0.15, 0.2) is 0 Å². The van der Waals surface area contributed by atoms with Crippen LogP contribution in [0.5, 0.6) is 5.75 Å². The fraction of sp³-hybridized carbons (Fsp3) is 0.250. The standard InChI is InChI=1S/C24H25N3O3/c1-3-18-9-11-21(12-10-18)30-16-20(28)15-26-17(2)13-24(29)27-23(26)14-22(25-27)19-7-5-4-6-8-19/h4-14,20,28H,3,15-16H2,1-2H3. The molecule has 6 nitrogen and oxygen atoms in total. The number of fused-ring (bicyclic) bond motifs is 1. The highest BCUT2D eigenvalue weighted by atomic mass is 16.5. The first-order chi connectivity index (χ1) is 14.5. The molecule has 1 N–H and O–H groups in total. The van der Waals surface area contributed by atoms with E-state index in [1.54, 1.807) is 0 Å². The monoisotopic (exact) mass is 403 g/mol. The Kier molecular flexibility index (Phi) is 5.68. The molecule has 0 bridgehead atoms. The van der Waals surface area contributed by atoms with Crippen molar-refractivity contribution in [1.82, 2.24) is 14.2 Å². The Hall–Kier alpha value is -3.38. The molecule has 0 aliphatic carbocycles. The number of nitrogens with zero attached hydrogens (tertiary/aromatic N) is 3. The number of aliphatic hydroxyl groups is 1. The number of aryl methyl sites for hydroxylation is 2. The molecule has 2 aromatic carbocycles. The highest BCUT2D eigenvalue weighted by molar-refractivity contribution is 5.64. The lowest BCUT2D eigenvalue weighted by Gasteiger charge is -2.17. The number of rotatable bonds is 7. The minimum atomic E-state index is -0.740. The van der Waals surface area contributed by atoms with Crippen molar-refractivity contribution in [3.63, 3.8) is 0 Å². The summed E-state index contributed by atoms with van der Waals surface area (Å²) >= 11 is 0. The fourth-order valence-electron chi connectivity index (χ4n) is 3.49. The Labute approximate surface area is 175 Å². The zero-order valence-electron chi connectivity index (χ0n) is 17.2. The zero-order valence-corrected chi connectivity index (χ0v) is 17.2. The van der Waals surface area contributed by atoms with Crippen molar-refractivity contribution in [2.24, 2.45) is 0 Å². The molecule has 1 atom stereocenters. The van der Waals surface area contributed by atoms with Gasteiger partial charge in [0.25, 0.3) is 5.56 Å². The normalized spacial score (nSPS) is 12.2. The Morgan fingerprint density at radius 3 is 2.50 bits per heavy atom. The summed E-state index contributed by atoms with van der Waals surface area (Å²) in [6.07, 6.45) is 0.233. The molecule has 0 aliphatic heterocycles. The molecule has 0 fully saturated rings. The van der Waals surface area contributed by atoms with Crippen LogP contribution in [0, 0.1) is 6.92 Å². The maximum absolute atomic E-state index is 12.4. The summed E-state index contributed by atoms with van der Waals surface area (Å²) in [5.74, 6) is 0.726. The molecule has 1 unspecified atom stereocenters. The SMILES string of the molecule is CCc1ccc(OCC(O)Cn2c(C)cc(=O)n3nc(-c4ccccc4)cc23)cc1. The van der Waals surface area contributed by atoms with Crippen molar-refractivity contribution in [3.05, 3.63) is 88.3 Å². The molecule has 30 heavy (non-hydrogen) atoms. The van der Waals surface area contributed by atoms with E-state index in [1.807, 2.05) is 72.2 Å². The largest absolute Gasteiger partial charge is 0.491 e. The summed E-state index contributed by atoms with van der Waals surface area (Å²) in [5, 5.41) is 15.1. The molecule has 0 amide bonds. The van der Waals surface area contributed by atoms with Gasteiger partial charge >= 0.3 is 0 Å². The lowest BCUT2D eigenvalue weighted by Crippen LogP contribution is -2.27. The maximum Gasteiger partial charge on any atom is 0.274 e. The Morgan fingerprint density at radius 2 is 1.80 bits per heavy atom. The van der Waals surface area contributed by atoms with Crippen molar-refractivity contribution < 1.29 is 9.84 Å². The highest BCUT2D eigenvalue weighted by Crippen LogP contribution is 2.20. The second kappa shape index (κ2) is 8.55. The predicted octanol–water partition coefficient (Wildman–Crippen LogP) is 3.47. The van der Waals surface area contributed by atoms with Gasteiger partial charge in [0, 0.05) is 23.4 Å². The van der Waals surface area contributed by atoms with Gasteiger partial charge in [-0.3, -0.25) is 4.79 Å². The van der Waals surface area contributed by atoms with E-state index >= 15 is 0 Å². The van der Waals surface area contributed by atoms with Crippen LogP contribution in [-0.2, 0) is 13.0 Å². The van der Waals surface area contributed by atoms with Gasteiger partial charge < -0.3 is 14.4 Å². The van der Waals surface area contributed by atoms with Gasteiger partial charge in [-0.15, -0.1) is 0 Å². The molecule has 0 radical (unpaired) electrons. The third kappa shape index (κ3) is 4.14. The fourth-order valence-corrected chi connectivity index (χ4v) is 3.49. The van der Waals surface area contributed by atoms with Gasteiger partial charge in [-0.2, -0.15) is 9.61 Å². The number of benzene rings is 2. The lowest BCUT2D eigenvalue weighted by atomic mass is 10.1. The Balaban J connectivity index is 1.56. The van der Waals surface area contributed by atoms with Crippen LogP contribution in [0.2, 0.25) is 0 Å². The van der Waals surface area contributed by atoms with E-state index in [-0.39, 0.29) is 12.2 Å². The van der Waals surface area contributed by atoms with Gasteiger partial charge in [-0.05, 0) is 31.0 Å². The van der Waals surface area contributed by atoms with Gasteiger partial charge in [-0.25, -0.2) is 0 Å². The number of hydrogen-bond donors (Lipinski definition) is 1. The molecule has 154 valence electrons. The smallest absolute Gasteiger partial charge is 0.274 e. The average molecular weight is 403 g/mol. The van der Waals surface area contributed by atoms with Crippen LogP contribution in [0.4, 0.5) is 0 Å². The van der Waals surface area contributed by atoms with Crippen molar-refractivity contribution >= 4 is 5.65 Å². The number of hydrogen-bond acceptors (Lipinski definition) is 4. The molecule has 6 heteroatoms. The first kappa shape index (κ1) is 19.9. The molecule has 0 spiro atoms. The molecule has 0 saturated carbocycles. The molecule has 0 aliphatic rings. The summed E-state index contributed by atoms with van der Waals surface area (Å²) < 4.78 is 9.02. The van der Waals surface area contributed by atoms with E-state index in [4.69, 9.17) is 4.74 Å². The van der Waals surface area contributed by atoms with Gasteiger partial charge in [0.2, 0.25) is 0 Å². The quantitative estimate of drug-likeness (QED) is 0.513. The minimum Gasteiger partial charge on any atom is -0.491 e. The summed E-state index contributed by atoms with van der Waals surface area (Å²) in [7, 11) is 0. The summed E-state index contributed by atoms with van der Waals surface area (Å²) in [5.41, 5.74) is 4.10. The van der Waals surface area contributed by atoms with Crippen LogP contribution in [-0.4, -0.2) is 32.0 Å². The Morgan fingerprint density at radius 1 is 1.07 bits per heavy atom. The Bertz CT molecular complexity index is 1190. The van der Waals surface area contributed by atoms with Crippen LogP contribution >= 0.6 is 0 Å². The van der Waals surface area contributed by atoms with Crippen LogP contribution in [0.25, 0.3) is 16.9 Å². The van der Waals surface area contributed by atoms with E-state index in [0.29, 0.717) is 17.9 Å². The second-order valence-corrected chi connectivity index (χ2v) is 7.36. The molecular formula is C24H25N3O3. The van der Waals surface area contributed by atoms with Gasteiger partial charge in [0.1, 0.15) is 24.1 Å². The first-order valence-corrected chi connectivity index (χ1v) is 10.1. The third-order valence-electron chi connectivity index (χ3n) is 5.17. The predicted molar refractivity (Wildman–Crippen MR) is 117 cm³/mol. The molecular weight excluding hydrogens is 378 g/mol. The number of aliphatic hydroxyl groups excluding tert-OH is 1. The topological polar surface area (TPSA) is 68.8 Å². The minimum absolute atomic E-state index is 0.156. The molecule has 2 aromatic heterocycles. The van der Waals surface area contributed by atoms with Crippen LogP contribution in [0.3, 0.4) is 0 Å². The zero-order chi connectivity index (χ0) is 21.1. The van der Waals surface area contributed by atoms with Crippen LogP contribution < -0.4 is 10.3 Å². The van der Waals surface area contributed by atoms with Gasteiger partial charge in [-0.1, -0.05) is 49.4 Å². The molecule has 0 saturated heterocycles. The molecule has 4 aromatic rings. The van der Waals surface area contributed by atoms with E-state index in [9.17, 15) is 9.90 Å². The summed E-state index contributed by atoms with van der Waals surface area (Å²) in [4.78, 5) is 12.4. The summed E-state index contributed by atoms with van der Waals surface area (Å²) in [6, 6.07) is 21.0. The summed E-state index contributed by atoms with van der Waals surface area (Å²) in [6.45, 7) is 4.41. The van der Waals surface area contributed by atoms with Crippen molar-refractivity contribution in [3.8, 4) is 17.0 Å². The van der Waals surface area contributed by atoms with Crippen molar-refractivity contribution in [2.75, 3.05) is 6.61 Å². The first-order valence-electron chi connectivity index (χ1n) is 10.1. The molecule has 2 heterocycles. The number of aromatic nitrogens is 3. The number of ether oxygens (including phenoxy) is 1. The van der Waals surface area contributed by atoms with E-state index in [1.165, 1.54) is 16.1 Å². The lowest BCUT2D eigenvalue weighted by molar-refractivity contribution is 0.0926.